The zero-order chi connectivity index (χ0) is 30.6. The molecule has 2 aliphatic carbocycles. The SMILES string of the molecule is O=C(NCCCNc1cccc2c1C(=O)c1ccccc1C2=O)NCCCNc1cccc2c1C(=O)c1ccccc1C2=O. The van der Waals surface area contributed by atoms with Crippen LogP contribution in [0.25, 0.3) is 0 Å². The lowest BCUT2D eigenvalue weighted by Crippen LogP contribution is -2.37. The molecule has 0 atom stereocenters. The molecule has 44 heavy (non-hydrogen) atoms. The number of benzene rings is 4. The standard InChI is InChI=1S/C35H30N4O5/c40-31-21-9-1-3-11-23(21)33(42)29-25(31)13-5-15-27(29)36-17-7-19-38-35(44)39-20-8-18-37-28-16-6-14-26-30(28)34(43)24-12-4-2-10-22(24)32(26)41/h1-6,9-16,36-37H,7-8,17-20H2,(H2,38,39,44). The lowest BCUT2D eigenvalue weighted by molar-refractivity contribution is 0.0979. The maximum atomic E-state index is 13.1. The van der Waals surface area contributed by atoms with Gasteiger partial charge in [-0.2, -0.15) is 0 Å². The van der Waals surface area contributed by atoms with Crippen molar-refractivity contribution >= 4 is 40.5 Å². The number of ketones is 4. The van der Waals surface area contributed by atoms with E-state index in [1.165, 1.54) is 0 Å². The number of hydrogen-bond donors (Lipinski definition) is 4. The number of anilines is 2. The first-order valence-corrected chi connectivity index (χ1v) is 14.6. The summed E-state index contributed by atoms with van der Waals surface area (Å²) >= 11 is 0. The molecule has 0 fully saturated rings. The van der Waals surface area contributed by atoms with Gasteiger partial charge < -0.3 is 21.3 Å². The Kier molecular flexibility index (Phi) is 8.01. The second kappa shape index (κ2) is 12.3. The summed E-state index contributed by atoms with van der Waals surface area (Å²) in [5.74, 6) is -0.680. The predicted molar refractivity (Wildman–Crippen MR) is 167 cm³/mol. The van der Waals surface area contributed by atoms with E-state index in [9.17, 15) is 24.0 Å². The Labute approximate surface area is 254 Å². The second-order valence-corrected chi connectivity index (χ2v) is 10.6. The minimum atomic E-state index is -0.297. The van der Waals surface area contributed by atoms with Gasteiger partial charge in [0.1, 0.15) is 0 Å². The average molecular weight is 587 g/mol. The maximum Gasteiger partial charge on any atom is 0.314 e. The molecule has 4 aromatic carbocycles. The summed E-state index contributed by atoms with van der Waals surface area (Å²) in [6.07, 6.45) is 1.21. The molecule has 6 rings (SSSR count). The molecule has 9 nitrogen and oxygen atoms in total. The van der Waals surface area contributed by atoms with Gasteiger partial charge in [-0.05, 0) is 25.0 Å². The van der Waals surface area contributed by atoms with Gasteiger partial charge >= 0.3 is 6.03 Å². The molecule has 4 N–H and O–H groups in total. The highest BCUT2D eigenvalue weighted by Gasteiger charge is 2.32. The van der Waals surface area contributed by atoms with Crippen molar-refractivity contribution in [3.63, 3.8) is 0 Å². The molecule has 0 heterocycles. The smallest absolute Gasteiger partial charge is 0.314 e. The number of hydrogen-bond acceptors (Lipinski definition) is 7. The molecule has 4 aromatic rings. The number of rotatable bonds is 10. The van der Waals surface area contributed by atoms with Crippen LogP contribution in [-0.2, 0) is 0 Å². The van der Waals surface area contributed by atoms with Gasteiger partial charge in [-0.25, -0.2) is 4.79 Å². The molecule has 0 aliphatic heterocycles. The van der Waals surface area contributed by atoms with Gasteiger partial charge in [0.05, 0.1) is 11.1 Å². The summed E-state index contributed by atoms with van der Waals surface area (Å²) in [4.78, 5) is 64.3. The van der Waals surface area contributed by atoms with E-state index in [0.717, 1.165) is 0 Å². The molecule has 9 heteroatoms. The highest BCUT2D eigenvalue weighted by molar-refractivity contribution is 6.31. The number of amides is 2. The third-order valence-electron chi connectivity index (χ3n) is 7.81. The average Bonchev–Trinajstić information content (AvgIpc) is 3.05. The summed E-state index contributed by atoms with van der Waals surface area (Å²) in [7, 11) is 0. The summed E-state index contributed by atoms with van der Waals surface area (Å²) in [6.45, 7) is 1.82. The molecule has 0 spiro atoms. The summed E-state index contributed by atoms with van der Waals surface area (Å²) in [6, 6.07) is 23.8. The van der Waals surface area contributed by atoms with Crippen LogP contribution in [0.3, 0.4) is 0 Å². The van der Waals surface area contributed by atoms with Gasteiger partial charge in [-0.3, -0.25) is 19.2 Å². The van der Waals surface area contributed by atoms with E-state index >= 15 is 0 Å². The molecular formula is C35H30N4O5. The molecule has 0 bridgehead atoms. The van der Waals surface area contributed by atoms with Crippen molar-refractivity contribution in [1.82, 2.24) is 10.6 Å². The van der Waals surface area contributed by atoms with Crippen molar-refractivity contribution in [3.8, 4) is 0 Å². The van der Waals surface area contributed by atoms with E-state index < -0.39 is 0 Å². The van der Waals surface area contributed by atoms with E-state index in [1.807, 2.05) is 0 Å². The van der Waals surface area contributed by atoms with Gasteiger partial charge in [-0.1, -0.05) is 72.8 Å². The monoisotopic (exact) mass is 586 g/mol. The van der Waals surface area contributed by atoms with E-state index in [4.69, 9.17) is 0 Å². The van der Waals surface area contributed by atoms with Gasteiger partial charge in [0.2, 0.25) is 0 Å². The van der Waals surface area contributed by atoms with Crippen LogP contribution >= 0.6 is 0 Å². The zero-order valence-corrected chi connectivity index (χ0v) is 23.9. The molecule has 0 saturated carbocycles. The van der Waals surface area contributed by atoms with Crippen LogP contribution < -0.4 is 21.3 Å². The minimum absolute atomic E-state index is 0.162. The zero-order valence-electron chi connectivity index (χ0n) is 23.9. The van der Waals surface area contributed by atoms with Crippen LogP contribution in [0.1, 0.15) is 76.5 Å². The highest BCUT2D eigenvalue weighted by Crippen LogP contribution is 2.33. The Bertz CT molecular complexity index is 1700. The van der Waals surface area contributed by atoms with Crippen molar-refractivity contribution in [2.24, 2.45) is 0 Å². The summed E-state index contributed by atoms with van der Waals surface area (Å²) in [5.41, 5.74) is 4.40. The predicted octanol–water partition coefficient (Wildman–Crippen LogP) is 4.84. The minimum Gasteiger partial charge on any atom is -0.384 e. The second-order valence-electron chi connectivity index (χ2n) is 10.6. The number of carbonyl (C=O) groups is 5. The molecule has 0 saturated heterocycles. The first-order valence-electron chi connectivity index (χ1n) is 14.6. The number of urea groups is 1. The summed E-state index contributed by atoms with van der Waals surface area (Å²) in [5, 5.41) is 12.1. The first kappa shape index (κ1) is 28.5. The van der Waals surface area contributed by atoms with Gasteiger partial charge in [0.25, 0.3) is 0 Å². The fourth-order valence-corrected chi connectivity index (χ4v) is 5.67. The lowest BCUT2D eigenvalue weighted by Gasteiger charge is -2.20. The van der Waals surface area contributed by atoms with Gasteiger partial charge in [-0.15, -0.1) is 0 Å². The number of fused-ring (bicyclic) bond motifs is 4. The summed E-state index contributed by atoms with van der Waals surface area (Å²) < 4.78 is 0. The van der Waals surface area contributed by atoms with Crippen LogP contribution in [0.5, 0.6) is 0 Å². The third-order valence-corrected chi connectivity index (χ3v) is 7.81. The Balaban J connectivity index is 0.928. The van der Waals surface area contributed by atoms with Crippen molar-refractivity contribution in [2.45, 2.75) is 12.8 Å². The van der Waals surface area contributed by atoms with Crippen molar-refractivity contribution in [2.75, 3.05) is 36.8 Å². The fraction of sp³-hybridized carbons (Fsp3) is 0.171. The lowest BCUT2D eigenvalue weighted by atomic mass is 9.83. The maximum absolute atomic E-state index is 13.1. The van der Waals surface area contributed by atoms with E-state index in [2.05, 4.69) is 21.3 Å². The normalized spacial score (nSPS) is 12.9. The highest BCUT2D eigenvalue weighted by atomic mass is 16.2. The van der Waals surface area contributed by atoms with Gasteiger partial charge in [0.15, 0.2) is 23.1 Å². The first-order chi connectivity index (χ1) is 21.5. The Hall–Kier alpha value is -5.57. The van der Waals surface area contributed by atoms with E-state index in [0.29, 0.717) is 94.9 Å². The van der Waals surface area contributed by atoms with Crippen LogP contribution in [-0.4, -0.2) is 55.3 Å². The molecule has 0 radical (unpaired) electrons. The number of carbonyl (C=O) groups excluding carboxylic acids is 5. The van der Waals surface area contributed by atoms with Crippen molar-refractivity contribution < 1.29 is 24.0 Å². The Morgan fingerprint density at radius 1 is 0.432 bits per heavy atom. The molecule has 2 aliphatic rings. The van der Waals surface area contributed by atoms with Crippen molar-refractivity contribution in [3.05, 3.63) is 129 Å². The van der Waals surface area contributed by atoms with Crippen LogP contribution in [0.15, 0.2) is 84.9 Å². The Morgan fingerprint density at radius 3 is 1.20 bits per heavy atom. The molecular weight excluding hydrogens is 556 g/mol. The Morgan fingerprint density at radius 2 is 0.795 bits per heavy atom. The molecule has 220 valence electrons. The van der Waals surface area contributed by atoms with Crippen molar-refractivity contribution in [1.29, 1.82) is 0 Å². The largest absolute Gasteiger partial charge is 0.384 e. The molecule has 0 aromatic heterocycles. The topological polar surface area (TPSA) is 133 Å². The van der Waals surface area contributed by atoms with E-state index in [1.54, 1.807) is 84.9 Å². The fourth-order valence-electron chi connectivity index (χ4n) is 5.67. The van der Waals surface area contributed by atoms with Crippen LogP contribution in [0, 0.1) is 0 Å². The van der Waals surface area contributed by atoms with Gasteiger partial charge in [0, 0.05) is 70.9 Å². The third kappa shape index (κ3) is 5.35. The van der Waals surface area contributed by atoms with Crippen LogP contribution in [0.2, 0.25) is 0 Å². The molecule has 2 amide bonds. The van der Waals surface area contributed by atoms with E-state index in [-0.39, 0.29) is 29.2 Å². The number of nitrogens with one attached hydrogen (secondary N) is 4. The molecule has 0 unspecified atom stereocenters. The quantitative estimate of drug-likeness (QED) is 0.169. The van der Waals surface area contributed by atoms with Crippen LogP contribution in [0.4, 0.5) is 16.2 Å².